The highest BCUT2D eigenvalue weighted by molar-refractivity contribution is 5.89. The van der Waals surface area contributed by atoms with E-state index in [1.807, 2.05) is 0 Å². The van der Waals surface area contributed by atoms with E-state index in [1.54, 1.807) is 0 Å². The van der Waals surface area contributed by atoms with Crippen LogP contribution in [0.25, 0.3) is 0 Å². The lowest BCUT2D eigenvalue weighted by Crippen LogP contribution is -2.57. The number of allylic oxidation sites excluding steroid dienone is 2. The topological polar surface area (TPSA) is 160 Å². The van der Waals surface area contributed by atoms with Crippen LogP contribution in [0.2, 0.25) is 0 Å². The highest BCUT2D eigenvalue weighted by Crippen LogP contribution is 2.32. The van der Waals surface area contributed by atoms with Crippen molar-refractivity contribution in [3.63, 3.8) is 0 Å². The predicted octanol–water partition coefficient (Wildman–Crippen LogP) is -0.515. The van der Waals surface area contributed by atoms with E-state index in [4.69, 9.17) is 0 Å². The third kappa shape index (κ3) is 3.91. The van der Waals surface area contributed by atoms with Crippen molar-refractivity contribution in [1.82, 2.24) is 0 Å². The van der Waals surface area contributed by atoms with Gasteiger partial charge in [0.1, 0.15) is 0 Å². The molecule has 1 unspecified atom stereocenters. The Labute approximate surface area is 135 Å². The van der Waals surface area contributed by atoms with E-state index in [0.717, 1.165) is 12.2 Å². The molecule has 24 heavy (non-hydrogen) atoms. The molecule has 0 saturated carbocycles. The van der Waals surface area contributed by atoms with Crippen molar-refractivity contribution in [3.8, 4) is 0 Å². The molecule has 0 radical (unpaired) electrons. The largest absolute Gasteiger partial charge is 0.505 e. The van der Waals surface area contributed by atoms with Gasteiger partial charge in [-0.2, -0.15) is 0 Å². The summed E-state index contributed by atoms with van der Waals surface area (Å²) in [7, 11) is 0. The highest BCUT2D eigenvalue weighted by atomic mass is 16.7. The van der Waals surface area contributed by atoms with E-state index in [-0.39, 0.29) is 0 Å². The molecule has 3 atom stereocenters. The molecule has 1 heterocycles. The van der Waals surface area contributed by atoms with Crippen LogP contribution in [0.15, 0.2) is 35.8 Å². The van der Waals surface area contributed by atoms with Gasteiger partial charge < -0.3 is 34.6 Å². The van der Waals surface area contributed by atoms with Gasteiger partial charge >= 0.3 is 23.7 Å². The second-order valence-electron chi connectivity index (χ2n) is 4.48. The molecule has 1 aliphatic heterocycles. The molecule has 132 valence electrons. The molecule has 0 spiro atoms. The van der Waals surface area contributed by atoms with Crippen LogP contribution in [-0.2, 0) is 28.6 Å². The second-order valence-corrected chi connectivity index (χ2v) is 4.48. The van der Waals surface area contributed by atoms with Gasteiger partial charge in [0.15, 0.2) is 5.76 Å². The van der Waals surface area contributed by atoms with Gasteiger partial charge in [0, 0.05) is 12.2 Å². The van der Waals surface area contributed by atoms with E-state index in [2.05, 4.69) is 14.2 Å². The van der Waals surface area contributed by atoms with Crippen LogP contribution in [0.3, 0.4) is 0 Å². The standard InChI is InChI=1S/C14H16O10/c1-3-5-7(15)22-13(20)14(21,24-8(16)6-4-2)11-9(17)10(18)12(19)23-11/h3-6,11,13,17-18,20-21H,1-2H3/b5-3+,6-4+/t11-,13?,14-/m0/s1. The lowest BCUT2D eigenvalue weighted by molar-refractivity contribution is -0.327. The predicted molar refractivity (Wildman–Crippen MR) is 74.9 cm³/mol. The minimum absolute atomic E-state index is 0.836. The maximum atomic E-state index is 11.6. The van der Waals surface area contributed by atoms with Crippen LogP contribution in [0, 0.1) is 0 Å². The normalized spacial score (nSPS) is 21.7. The molecule has 10 nitrogen and oxygen atoms in total. The number of aliphatic hydroxyl groups is 4. The van der Waals surface area contributed by atoms with E-state index in [0.29, 0.717) is 0 Å². The molecule has 0 bridgehead atoms. The van der Waals surface area contributed by atoms with Gasteiger partial charge in [0.05, 0.1) is 0 Å². The first-order valence-electron chi connectivity index (χ1n) is 6.59. The van der Waals surface area contributed by atoms with Crippen LogP contribution >= 0.6 is 0 Å². The SMILES string of the molecule is C/C=C/C(=O)OC(O)[C@@](O)(OC(=O)/C=C/C)[C@H]1OC(=O)C(O)=C1O. The molecule has 1 aliphatic rings. The van der Waals surface area contributed by atoms with Crippen molar-refractivity contribution in [2.24, 2.45) is 0 Å². The lowest BCUT2D eigenvalue weighted by atomic mass is 10.1. The summed E-state index contributed by atoms with van der Waals surface area (Å²) in [4.78, 5) is 34.2. The van der Waals surface area contributed by atoms with Crippen LogP contribution in [-0.4, -0.2) is 56.5 Å². The van der Waals surface area contributed by atoms with Gasteiger partial charge in [-0.1, -0.05) is 12.2 Å². The first-order valence-corrected chi connectivity index (χ1v) is 6.59. The van der Waals surface area contributed by atoms with E-state index in [1.165, 1.54) is 26.0 Å². The number of aliphatic hydroxyl groups excluding tert-OH is 3. The molecule has 4 N–H and O–H groups in total. The first-order chi connectivity index (χ1) is 11.2. The smallest absolute Gasteiger partial charge is 0.378 e. The zero-order valence-electron chi connectivity index (χ0n) is 12.7. The van der Waals surface area contributed by atoms with Crippen LogP contribution in [0.1, 0.15) is 13.8 Å². The minimum atomic E-state index is -3.21. The van der Waals surface area contributed by atoms with Crippen molar-refractivity contribution >= 4 is 17.9 Å². The fraction of sp³-hybridized carbons (Fsp3) is 0.357. The number of esters is 3. The maximum absolute atomic E-state index is 11.6. The fourth-order valence-corrected chi connectivity index (χ4v) is 1.66. The summed E-state index contributed by atoms with van der Waals surface area (Å²) in [5.41, 5.74) is 0. The number of ether oxygens (including phenoxy) is 3. The number of carbonyl (C=O) groups excluding carboxylic acids is 3. The molecular formula is C14H16O10. The first kappa shape index (κ1) is 19.2. The monoisotopic (exact) mass is 344 g/mol. The van der Waals surface area contributed by atoms with Crippen molar-refractivity contribution in [2.45, 2.75) is 32.0 Å². The summed E-state index contributed by atoms with van der Waals surface area (Å²) >= 11 is 0. The van der Waals surface area contributed by atoms with Crippen molar-refractivity contribution < 1.29 is 49.0 Å². The Hall–Kier alpha value is -2.85. The molecule has 0 fully saturated rings. The van der Waals surface area contributed by atoms with Gasteiger partial charge in [-0.3, -0.25) is 0 Å². The summed E-state index contributed by atoms with van der Waals surface area (Å²) < 4.78 is 13.5. The molecule has 0 amide bonds. The average Bonchev–Trinajstić information content (AvgIpc) is 2.75. The van der Waals surface area contributed by atoms with Crippen molar-refractivity contribution in [3.05, 3.63) is 35.8 Å². The van der Waals surface area contributed by atoms with Crippen LogP contribution in [0.5, 0.6) is 0 Å². The number of rotatable bonds is 6. The zero-order chi connectivity index (χ0) is 18.5. The van der Waals surface area contributed by atoms with Gasteiger partial charge in [-0.15, -0.1) is 0 Å². The minimum Gasteiger partial charge on any atom is -0.505 e. The number of carbonyl (C=O) groups is 3. The molecule has 0 aromatic rings. The van der Waals surface area contributed by atoms with Gasteiger partial charge in [-0.05, 0) is 13.8 Å². The van der Waals surface area contributed by atoms with Gasteiger partial charge in [0.2, 0.25) is 11.9 Å². The Morgan fingerprint density at radius 1 is 1.21 bits per heavy atom. The molecule has 0 saturated heterocycles. The number of cyclic esters (lactones) is 1. The Morgan fingerprint density at radius 2 is 1.75 bits per heavy atom. The fourth-order valence-electron chi connectivity index (χ4n) is 1.66. The second kappa shape index (κ2) is 7.62. The Kier molecular flexibility index (Phi) is 6.09. The molecule has 0 aromatic heterocycles. The average molecular weight is 344 g/mol. The highest BCUT2D eigenvalue weighted by Gasteiger charge is 2.58. The quantitative estimate of drug-likeness (QED) is 0.214. The number of hydrogen-bond donors (Lipinski definition) is 4. The van der Waals surface area contributed by atoms with E-state index in [9.17, 15) is 34.8 Å². The molecule has 0 aromatic carbocycles. The third-order valence-corrected chi connectivity index (χ3v) is 2.74. The Morgan fingerprint density at radius 3 is 2.21 bits per heavy atom. The molecule has 0 aliphatic carbocycles. The lowest BCUT2D eigenvalue weighted by Gasteiger charge is -2.33. The summed E-state index contributed by atoms with van der Waals surface area (Å²) in [6, 6.07) is 0. The van der Waals surface area contributed by atoms with Crippen LogP contribution < -0.4 is 0 Å². The maximum Gasteiger partial charge on any atom is 0.378 e. The van der Waals surface area contributed by atoms with Gasteiger partial charge in [0.25, 0.3) is 6.29 Å². The molecule has 1 rings (SSSR count). The van der Waals surface area contributed by atoms with E-state index >= 15 is 0 Å². The van der Waals surface area contributed by atoms with E-state index < -0.39 is 47.6 Å². The molecular weight excluding hydrogens is 328 g/mol. The summed E-state index contributed by atoms with van der Waals surface area (Å²) in [5, 5.41) is 39.2. The summed E-state index contributed by atoms with van der Waals surface area (Å²) in [5.74, 6) is -9.45. The van der Waals surface area contributed by atoms with Crippen molar-refractivity contribution in [1.29, 1.82) is 0 Å². The third-order valence-electron chi connectivity index (χ3n) is 2.74. The Bertz CT molecular complexity index is 617. The molecule has 10 heteroatoms. The zero-order valence-corrected chi connectivity index (χ0v) is 12.7. The number of hydrogen-bond acceptors (Lipinski definition) is 10. The van der Waals surface area contributed by atoms with Crippen molar-refractivity contribution in [2.75, 3.05) is 0 Å². The van der Waals surface area contributed by atoms with Crippen LogP contribution in [0.4, 0.5) is 0 Å². The summed E-state index contributed by atoms with van der Waals surface area (Å²) in [6.07, 6.45) is -0.560. The summed E-state index contributed by atoms with van der Waals surface area (Å²) in [6.45, 7) is 2.92. The Balaban J connectivity index is 3.19. The van der Waals surface area contributed by atoms with Gasteiger partial charge in [-0.25, -0.2) is 14.4 Å².